The topological polar surface area (TPSA) is 110 Å². The van der Waals surface area contributed by atoms with Crippen LogP contribution >= 0.6 is 27.3 Å². The highest BCUT2D eigenvalue weighted by Gasteiger charge is 2.40. The number of ether oxygens (including phenoxy) is 1. The number of hydrogen-bond donors (Lipinski definition) is 2. The number of hydrogen-bond acceptors (Lipinski definition) is 6. The summed E-state index contributed by atoms with van der Waals surface area (Å²) in [6.45, 7) is 1.35. The molecule has 3 aliphatic rings. The van der Waals surface area contributed by atoms with Gasteiger partial charge in [-0.15, -0.1) is 11.3 Å². The standard InChI is InChI=1S/C23H27BrF3N5O3S/c1-12(29-22(23(25,26)27)32-10-2-3-14(24)11-32)19(34)30-15-6-8-16(9-7-15)35-20-17(18(28)33)36-21(31-20)13-4-5-13/h2-3,11-13,15-16H,4-10H2,1H3,(H2,28,33)(H,30,34). The number of nitrogens with zero attached hydrogens (tertiary/aromatic N) is 3. The summed E-state index contributed by atoms with van der Waals surface area (Å²) in [5, 5.41) is 3.69. The number of carbonyl (C=O) groups is 2. The molecule has 0 aromatic carbocycles. The fourth-order valence-electron chi connectivity index (χ4n) is 4.09. The Morgan fingerprint density at radius 1 is 1.28 bits per heavy atom. The molecule has 1 aliphatic heterocycles. The smallest absolute Gasteiger partial charge is 0.449 e. The maximum atomic E-state index is 13.6. The van der Waals surface area contributed by atoms with E-state index in [1.807, 2.05) is 0 Å². The van der Waals surface area contributed by atoms with Crippen molar-refractivity contribution >= 4 is 44.9 Å². The minimum Gasteiger partial charge on any atom is -0.473 e. The second-order valence-corrected chi connectivity index (χ2v) is 11.1. The molecule has 196 valence electrons. The second kappa shape index (κ2) is 10.9. The van der Waals surface area contributed by atoms with E-state index in [9.17, 15) is 22.8 Å². The zero-order valence-corrected chi connectivity index (χ0v) is 22.0. The van der Waals surface area contributed by atoms with Crippen LogP contribution in [0.3, 0.4) is 0 Å². The normalized spacial score (nSPS) is 23.8. The largest absolute Gasteiger partial charge is 0.473 e. The quantitative estimate of drug-likeness (QED) is 0.362. The Labute approximate surface area is 219 Å². The van der Waals surface area contributed by atoms with E-state index < -0.39 is 29.9 Å². The van der Waals surface area contributed by atoms with Gasteiger partial charge in [0.1, 0.15) is 17.2 Å². The van der Waals surface area contributed by atoms with Crippen molar-refractivity contribution in [1.82, 2.24) is 15.2 Å². The van der Waals surface area contributed by atoms with Gasteiger partial charge in [0, 0.05) is 29.2 Å². The third-order valence-electron chi connectivity index (χ3n) is 6.14. The van der Waals surface area contributed by atoms with Gasteiger partial charge in [0.15, 0.2) is 4.88 Å². The van der Waals surface area contributed by atoms with Crippen molar-refractivity contribution in [3.63, 3.8) is 0 Å². The number of carbonyl (C=O) groups excluding carboxylic acids is 2. The summed E-state index contributed by atoms with van der Waals surface area (Å²) in [4.78, 5) is 33.9. The molecule has 2 aliphatic carbocycles. The number of halogens is 4. The summed E-state index contributed by atoms with van der Waals surface area (Å²) in [7, 11) is 0. The predicted molar refractivity (Wildman–Crippen MR) is 133 cm³/mol. The maximum absolute atomic E-state index is 13.6. The fraction of sp³-hybridized carbons (Fsp3) is 0.565. The molecule has 36 heavy (non-hydrogen) atoms. The molecule has 2 heterocycles. The van der Waals surface area contributed by atoms with E-state index in [-0.39, 0.29) is 24.6 Å². The van der Waals surface area contributed by atoms with Crippen molar-refractivity contribution in [2.75, 3.05) is 6.54 Å². The van der Waals surface area contributed by atoms with E-state index in [1.165, 1.54) is 24.5 Å². The zero-order valence-electron chi connectivity index (χ0n) is 19.6. The van der Waals surface area contributed by atoms with Crippen LogP contribution in [-0.2, 0) is 4.79 Å². The number of rotatable bonds is 7. The lowest BCUT2D eigenvalue weighted by Gasteiger charge is -2.30. The molecular formula is C23H27BrF3N5O3S. The van der Waals surface area contributed by atoms with Gasteiger partial charge in [-0.2, -0.15) is 13.2 Å². The van der Waals surface area contributed by atoms with E-state index in [1.54, 1.807) is 12.2 Å². The third kappa shape index (κ3) is 6.67. The Bertz CT molecular complexity index is 1090. The highest BCUT2D eigenvalue weighted by Crippen LogP contribution is 2.44. The number of amidine groups is 1. The molecule has 0 bridgehead atoms. The Hall–Kier alpha value is -2.41. The Morgan fingerprint density at radius 3 is 2.56 bits per heavy atom. The molecule has 8 nitrogen and oxygen atoms in total. The minimum atomic E-state index is -4.71. The van der Waals surface area contributed by atoms with Crippen LogP contribution in [0.15, 0.2) is 27.8 Å². The molecule has 13 heteroatoms. The summed E-state index contributed by atoms with van der Waals surface area (Å²) < 4.78 is 47.4. The SMILES string of the molecule is CC(N=C(N1C=C(Br)C=CC1)C(F)(F)F)C(=O)NC1CCC(Oc2nc(C3CC3)sc2C(N)=O)CC1. The van der Waals surface area contributed by atoms with Gasteiger partial charge >= 0.3 is 6.18 Å². The lowest BCUT2D eigenvalue weighted by molar-refractivity contribution is -0.123. The molecule has 3 N–H and O–H groups in total. The molecule has 0 radical (unpaired) electrons. The highest BCUT2D eigenvalue weighted by atomic mass is 79.9. The van der Waals surface area contributed by atoms with Crippen LogP contribution in [-0.4, -0.2) is 58.4 Å². The van der Waals surface area contributed by atoms with Crippen molar-refractivity contribution in [3.05, 3.63) is 32.7 Å². The molecule has 1 aromatic heterocycles. The number of thiazole rings is 1. The molecule has 1 unspecified atom stereocenters. The Balaban J connectivity index is 1.32. The van der Waals surface area contributed by atoms with Gasteiger partial charge in [0.2, 0.25) is 17.6 Å². The summed E-state index contributed by atoms with van der Waals surface area (Å²) in [6, 6.07) is -1.42. The van der Waals surface area contributed by atoms with Gasteiger partial charge in [-0.3, -0.25) is 14.6 Å². The van der Waals surface area contributed by atoms with Crippen LogP contribution in [0.2, 0.25) is 0 Å². The average Bonchev–Trinajstić information content (AvgIpc) is 3.57. The monoisotopic (exact) mass is 589 g/mol. The summed E-state index contributed by atoms with van der Waals surface area (Å²) in [5.41, 5.74) is 5.49. The molecule has 2 saturated carbocycles. The first kappa shape index (κ1) is 26.6. The van der Waals surface area contributed by atoms with Gasteiger partial charge in [0.25, 0.3) is 5.91 Å². The summed E-state index contributed by atoms with van der Waals surface area (Å²) in [6.07, 6.45) is 4.07. The number of amides is 2. The van der Waals surface area contributed by atoms with E-state index in [0.717, 1.165) is 22.7 Å². The molecule has 0 saturated heterocycles. The Morgan fingerprint density at radius 2 is 1.97 bits per heavy atom. The lowest BCUT2D eigenvalue weighted by atomic mass is 9.92. The van der Waals surface area contributed by atoms with Crippen LogP contribution in [0.4, 0.5) is 13.2 Å². The van der Waals surface area contributed by atoms with Gasteiger partial charge < -0.3 is 20.7 Å². The number of nitrogens with two attached hydrogens (primary N) is 1. The highest BCUT2D eigenvalue weighted by molar-refractivity contribution is 9.11. The number of aliphatic imine (C=N–C) groups is 1. The molecule has 2 amide bonds. The van der Waals surface area contributed by atoms with Crippen molar-refractivity contribution in [2.45, 2.75) is 75.7 Å². The Kier molecular flexibility index (Phi) is 8.08. The van der Waals surface area contributed by atoms with Crippen molar-refractivity contribution in [2.24, 2.45) is 10.7 Å². The van der Waals surface area contributed by atoms with E-state index in [0.29, 0.717) is 41.0 Å². The molecule has 1 atom stereocenters. The first-order chi connectivity index (χ1) is 17.0. The number of alkyl halides is 3. The van der Waals surface area contributed by atoms with Crippen molar-refractivity contribution < 1.29 is 27.5 Å². The van der Waals surface area contributed by atoms with Crippen molar-refractivity contribution in [3.8, 4) is 5.88 Å². The van der Waals surface area contributed by atoms with Gasteiger partial charge in [-0.25, -0.2) is 4.98 Å². The number of nitrogens with one attached hydrogen (secondary N) is 1. The van der Waals surface area contributed by atoms with Gasteiger partial charge in [-0.1, -0.05) is 6.08 Å². The fourth-order valence-corrected chi connectivity index (χ4v) is 5.55. The molecule has 0 spiro atoms. The van der Waals surface area contributed by atoms with Crippen LogP contribution in [0.5, 0.6) is 5.88 Å². The van der Waals surface area contributed by atoms with Crippen LogP contribution in [0, 0.1) is 0 Å². The molecular weight excluding hydrogens is 563 g/mol. The number of allylic oxidation sites excluding steroid dienone is 2. The van der Waals surface area contributed by atoms with Gasteiger partial charge in [-0.05, 0) is 67.5 Å². The van der Waals surface area contributed by atoms with E-state index >= 15 is 0 Å². The van der Waals surface area contributed by atoms with E-state index in [2.05, 4.69) is 31.2 Å². The van der Waals surface area contributed by atoms with E-state index in [4.69, 9.17) is 10.5 Å². The average molecular weight is 590 g/mol. The first-order valence-electron chi connectivity index (χ1n) is 11.7. The van der Waals surface area contributed by atoms with Gasteiger partial charge in [0.05, 0.1) is 0 Å². The lowest BCUT2D eigenvalue weighted by Crippen LogP contribution is -2.45. The molecule has 4 rings (SSSR count). The van der Waals surface area contributed by atoms with Crippen LogP contribution in [0.25, 0.3) is 0 Å². The van der Waals surface area contributed by atoms with Crippen LogP contribution < -0.4 is 15.8 Å². The third-order valence-corrected chi connectivity index (χ3v) is 7.82. The number of primary amides is 1. The van der Waals surface area contributed by atoms with Crippen molar-refractivity contribution in [1.29, 1.82) is 0 Å². The zero-order chi connectivity index (χ0) is 26.0. The first-order valence-corrected chi connectivity index (χ1v) is 13.3. The predicted octanol–water partition coefficient (Wildman–Crippen LogP) is 4.38. The molecule has 2 fully saturated rings. The molecule has 1 aromatic rings. The van der Waals surface area contributed by atoms with Crippen LogP contribution in [0.1, 0.15) is 66.0 Å². The summed E-state index contributed by atoms with van der Waals surface area (Å²) >= 11 is 4.45. The summed E-state index contributed by atoms with van der Waals surface area (Å²) in [5.74, 6) is -1.60. The number of aromatic nitrogens is 1. The second-order valence-electron chi connectivity index (χ2n) is 9.12. The maximum Gasteiger partial charge on any atom is 0.449 e. The minimum absolute atomic E-state index is 0.00436.